The average molecular weight is 747 g/mol. The number of fused-ring (bicyclic) bond motifs is 1. The van der Waals surface area contributed by atoms with Gasteiger partial charge in [0.05, 0.1) is 23.4 Å². The summed E-state index contributed by atoms with van der Waals surface area (Å²) in [4.78, 5) is 82.5. The molecule has 0 aliphatic carbocycles. The lowest BCUT2D eigenvalue weighted by Gasteiger charge is -2.37. The van der Waals surface area contributed by atoms with Crippen LogP contribution in [0.25, 0.3) is 0 Å². The summed E-state index contributed by atoms with van der Waals surface area (Å²) in [5, 5.41) is 5.95. The molecule has 4 saturated heterocycles. The van der Waals surface area contributed by atoms with E-state index in [0.29, 0.717) is 66.9 Å². The SMILES string of the molecule is C=C1CCC(N2C(=O)c3ccc(CN4CCC(c5ccc(Nc6nc(N7CCC[C@@H](N8CCN(C)C8=O)C7)cnc6C(N)=O)cc5)CC4)cc3C2=O)C(=O)N1. The highest BCUT2D eigenvalue weighted by molar-refractivity contribution is 6.23. The van der Waals surface area contributed by atoms with E-state index >= 15 is 0 Å². The van der Waals surface area contributed by atoms with E-state index in [4.69, 9.17) is 10.7 Å². The highest BCUT2D eigenvalue weighted by atomic mass is 16.2. The first kappa shape index (κ1) is 36.2. The van der Waals surface area contributed by atoms with E-state index in [1.807, 2.05) is 30.1 Å². The van der Waals surface area contributed by atoms with Gasteiger partial charge in [0.2, 0.25) is 5.91 Å². The topological polar surface area (TPSA) is 177 Å². The molecule has 15 nitrogen and oxygen atoms in total. The Kier molecular flexibility index (Phi) is 9.71. The summed E-state index contributed by atoms with van der Waals surface area (Å²) in [7, 11) is 1.83. The van der Waals surface area contributed by atoms with E-state index in [-0.39, 0.29) is 23.7 Å². The Hall–Kier alpha value is -5.83. The lowest BCUT2D eigenvalue weighted by atomic mass is 9.89. The molecular formula is C40H46N10O5. The molecule has 55 heavy (non-hydrogen) atoms. The van der Waals surface area contributed by atoms with Crippen LogP contribution in [0.1, 0.15) is 86.8 Å². The number of allylic oxidation sites excluding steroid dienone is 1. The highest BCUT2D eigenvalue weighted by Crippen LogP contribution is 2.33. The summed E-state index contributed by atoms with van der Waals surface area (Å²) in [5.41, 5.74) is 9.98. The van der Waals surface area contributed by atoms with Crippen molar-refractivity contribution in [3.05, 3.63) is 88.9 Å². The van der Waals surface area contributed by atoms with Crippen LogP contribution < -0.4 is 21.3 Å². The molecule has 1 aromatic heterocycles. The maximum absolute atomic E-state index is 13.3. The molecule has 0 saturated carbocycles. The van der Waals surface area contributed by atoms with E-state index < -0.39 is 23.8 Å². The third kappa shape index (κ3) is 7.11. The van der Waals surface area contributed by atoms with Crippen molar-refractivity contribution < 1.29 is 24.0 Å². The molecule has 5 aliphatic rings. The maximum Gasteiger partial charge on any atom is 0.320 e. The predicted octanol–water partition coefficient (Wildman–Crippen LogP) is 3.42. The van der Waals surface area contributed by atoms with E-state index in [1.54, 1.807) is 23.2 Å². The van der Waals surface area contributed by atoms with Crippen molar-refractivity contribution in [1.82, 2.24) is 34.9 Å². The molecular weight excluding hydrogens is 701 g/mol. The second-order valence-corrected chi connectivity index (χ2v) is 15.2. The van der Waals surface area contributed by atoms with Crippen LogP contribution in [0.2, 0.25) is 0 Å². The van der Waals surface area contributed by atoms with Gasteiger partial charge in [0.15, 0.2) is 11.5 Å². The average Bonchev–Trinajstić information content (AvgIpc) is 3.65. The number of primary amides is 1. The van der Waals surface area contributed by atoms with Crippen molar-refractivity contribution in [3.8, 4) is 0 Å². The van der Waals surface area contributed by atoms with Crippen molar-refractivity contribution in [2.75, 3.05) is 56.5 Å². The van der Waals surface area contributed by atoms with Gasteiger partial charge in [0, 0.05) is 51.2 Å². The highest BCUT2D eigenvalue weighted by Gasteiger charge is 2.44. The molecule has 286 valence electrons. The Balaban J connectivity index is 0.875. The zero-order valence-corrected chi connectivity index (χ0v) is 31.0. The zero-order valence-electron chi connectivity index (χ0n) is 31.0. The van der Waals surface area contributed by atoms with Crippen molar-refractivity contribution >= 4 is 47.0 Å². The number of imide groups is 1. The first-order valence-corrected chi connectivity index (χ1v) is 19.1. The van der Waals surface area contributed by atoms with Crippen LogP contribution >= 0.6 is 0 Å². The summed E-state index contributed by atoms with van der Waals surface area (Å²) < 4.78 is 0. The molecule has 0 spiro atoms. The number of piperidine rings is 3. The van der Waals surface area contributed by atoms with Crippen molar-refractivity contribution in [2.45, 2.75) is 63.1 Å². The van der Waals surface area contributed by atoms with E-state index in [1.165, 1.54) is 5.56 Å². The number of amides is 6. The normalized spacial score (nSPS) is 22.4. The Morgan fingerprint density at radius 1 is 0.945 bits per heavy atom. The van der Waals surface area contributed by atoms with E-state index in [9.17, 15) is 24.0 Å². The number of benzene rings is 2. The standard InChI is InChI=1S/C40H46N10O5/c1-24-5-12-32(37(52)43-24)50-38(53)30-11-6-25(20-31(30)39(50)54)22-47-16-13-27(14-17-47)26-7-9-28(10-8-26)44-36-34(35(41)51)42-21-33(45-36)48-15-3-4-29(23-48)49-19-18-46(2)40(49)55/h6-11,20-21,27,29,32H,1,3-5,12-19,22-23H2,2H3,(H2,41,51)(H,43,52)(H,44,45)/t29-,32?/m1/s1. The predicted molar refractivity (Wildman–Crippen MR) is 205 cm³/mol. The van der Waals surface area contributed by atoms with Crippen LogP contribution in [0.5, 0.6) is 0 Å². The summed E-state index contributed by atoms with van der Waals surface area (Å²) in [6.45, 7) is 9.04. The lowest BCUT2D eigenvalue weighted by molar-refractivity contribution is -0.125. The number of likely N-dealkylation sites (N-methyl/N-ethyl adjacent to an activating group) is 1. The Morgan fingerprint density at radius 2 is 1.71 bits per heavy atom. The Morgan fingerprint density at radius 3 is 2.42 bits per heavy atom. The minimum Gasteiger partial charge on any atom is -0.364 e. The van der Waals surface area contributed by atoms with Crippen LogP contribution in [0.4, 0.5) is 22.1 Å². The molecule has 2 aromatic carbocycles. The van der Waals surface area contributed by atoms with Gasteiger partial charge >= 0.3 is 6.03 Å². The van der Waals surface area contributed by atoms with E-state index in [2.05, 4.69) is 44.1 Å². The fraction of sp³-hybridized carbons (Fsp3) is 0.425. The van der Waals surface area contributed by atoms with Gasteiger partial charge in [-0.05, 0) is 92.9 Å². The van der Waals surface area contributed by atoms with Gasteiger partial charge in [0.1, 0.15) is 11.9 Å². The number of aromatic nitrogens is 2. The number of hydrogen-bond donors (Lipinski definition) is 3. The Bertz CT molecular complexity index is 2060. The summed E-state index contributed by atoms with van der Waals surface area (Å²) >= 11 is 0. The molecule has 3 aromatic rings. The van der Waals surface area contributed by atoms with Gasteiger partial charge in [-0.3, -0.25) is 29.0 Å². The van der Waals surface area contributed by atoms with E-state index in [0.717, 1.165) is 68.0 Å². The second-order valence-electron chi connectivity index (χ2n) is 15.2. The molecule has 15 heteroatoms. The monoisotopic (exact) mass is 746 g/mol. The van der Waals surface area contributed by atoms with Crippen LogP contribution in [-0.4, -0.2) is 118 Å². The number of urea groups is 1. The number of nitrogens with two attached hydrogens (primary N) is 1. The van der Waals surface area contributed by atoms with Crippen LogP contribution in [0.15, 0.2) is 60.9 Å². The third-order valence-corrected chi connectivity index (χ3v) is 11.7. The van der Waals surface area contributed by atoms with Crippen LogP contribution in [-0.2, 0) is 11.3 Å². The summed E-state index contributed by atoms with van der Waals surface area (Å²) in [6, 6.07) is 12.9. The number of rotatable bonds is 9. The van der Waals surface area contributed by atoms with Crippen LogP contribution in [0.3, 0.4) is 0 Å². The minimum atomic E-state index is -0.826. The molecule has 0 radical (unpaired) electrons. The minimum absolute atomic E-state index is 0.0556. The largest absolute Gasteiger partial charge is 0.364 e. The summed E-state index contributed by atoms with van der Waals surface area (Å²) in [5.74, 6) is -0.595. The number of likely N-dealkylation sites (tertiary alicyclic amines) is 1. The number of carbonyl (C=O) groups is 5. The molecule has 2 atom stereocenters. The third-order valence-electron chi connectivity index (χ3n) is 11.7. The first-order valence-electron chi connectivity index (χ1n) is 19.1. The number of nitrogens with one attached hydrogen (secondary N) is 2. The molecule has 5 aliphatic heterocycles. The molecule has 6 heterocycles. The summed E-state index contributed by atoms with van der Waals surface area (Å²) in [6.07, 6.45) is 6.24. The Labute approximate surface area is 319 Å². The van der Waals surface area contributed by atoms with Gasteiger partial charge in [-0.1, -0.05) is 24.8 Å². The van der Waals surface area contributed by atoms with Crippen LogP contribution in [0, 0.1) is 0 Å². The van der Waals surface area contributed by atoms with Gasteiger partial charge in [-0.2, -0.15) is 0 Å². The number of nitrogens with zero attached hydrogens (tertiary/aromatic N) is 7. The molecule has 6 amide bonds. The molecule has 8 rings (SSSR count). The molecule has 1 unspecified atom stereocenters. The van der Waals surface area contributed by atoms with Crippen molar-refractivity contribution in [3.63, 3.8) is 0 Å². The van der Waals surface area contributed by atoms with Gasteiger partial charge in [0.25, 0.3) is 17.7 Å². The van der Waals surface area contributed by atoms with Gasteiger partial charge in [-0.25, -0.2) is 14.8 Å². The molecule has 0 bridgehead atoms. The molecule has 4 N–H and O–H groups in total. The van der Waals surface area contributed by atoms with Gasteiger partial charge in [-0.15, -0.1) is 0 Å². The van der Waals surface area contributed by atoms with Crippen molar-refractivity contribution in [2.24, 2.45) is 5.73 Å². The maximum atomic E-state index is 13.3. The second kappa shape index (κ2) is 14.8. The molecule has 4 fully saturated rings. The number of hydrogen-bond acceptors (Lipinski definition) is 10. The quantitative estimate of drug-likeness (QED) is 0.275. The van der Waals surface area contributed by atoms with Crippen molar-refractivity contribution in [1.29, 1.82) is 0 Å². The fourth-order valence-corrected chi connectivity index (χ4v) is 8.58. The van der Waals surface area contributed by atoms with Gasteiger partial charge < -0.3 is 31.1 Å². The number of carbonyl (C=O) groups excluding carboxylic acids is 5. The lowest BCUT2D eigenvalue weighted by Crippen LogP contribution is -2.51. The number of anilines is 3. The first-order chi connectivity index (χ1) is 26.5. The fourth-order valence-electron chi connectivity index (χ4n) is 8.58. The smallest absolute Gasteiger partial charge is 0.320 e. The zero-order chi connectivity index (χ0) is 38.4.